The van der Waals surface area contributed by atoms with E-state index in [9.17, 15) is 24.3 Å². The summed E-state index contributed by atoms with van der Waals surface area (Å²) in [5, 5.41) is 37.9. The molecule has 3 amide bonds. The van der Waals surface area contributed by atoms with Gasteiger partial charge in [-0.25, -0.2) is 9.59 Å². The molecule has 2 saturated heterocycles. The summed E-state index contributed by atoms with van der Waals surface area (Å²) >= 11 is 6.35. The number of hydrogen-bond donors (Lipinski definition) is 4. The fraction of sp³-hybridized carbons (Fsp3) is 0.656. The number of aliphatic hydroxyl groups is 1. The molecule has 1 aromatic heterocycles. The Morgan fingerprint density at radius 2 is 1.88 bits per heavy atom. The minimum Gasteiger partial charge on any atom is -0.490 e. The van der Waals surface area contributed by atoms with Crippen molar-refractivity contribution >= 4 is 35.5 Å². The van der Waals surface area contributed by atoms with Gasteiger partial charge >= 0.3 is 12.1 Å². The van der Waals surface area contributed by atoms with Crippen LogP contribution in [-0.2, 0) is 19.1 Å². The predicted molar refractivity (Wildman–Crippen MR) is 172 cm³/mol. The maximum absolute atomic E-state index is 14.2. The molecule has 4 N–H and O–H groups in total. The van der Waals surface area contributed by atoms with Crippen LogP contribution in [0.5, 0.6) is 5.75 Å². The van der Waals surface area contributed by atoms with E-state index in [2.05, 4.69) is 26.0 Å². The second-order valence-electron chi connectivity index (χ2n) is 13.8. The van der Waals surface area contributed by atoms with Gasteiger partial charge < -0.3 is 35.2 Å². The number of aromatic nitrogens is 4. The summed E-state index contributed by atoms with van der Waals surface area (Å²) in [5.41, 5.74) is -1.61. The lowest BCUT2D eigenvalue weighted by molar-refractivity contribution is -0.146. The van der Waals surface area contributed by atoms with Gasteiger partial charge in [0, 0.05) is 18.5 Å². The number of ether oxygens (including phenoxy) is 2. The summed E-state index contributed by atoms with van der Waals surface area (Å²) in [7, 11) is 0. The zero-order chi connectivity index (χ0) is 34.6. The molecule has 262 valence electrons. The van der Waals surface area contributed by atoms with E-state index >= 15 is 0 Å². The normalized spacial score (nSPS) is 26.7. The van der Waals surface area contributed by atoms with Gasteiger partial charge in [-0.1, -0.05) is 43.7 Å². The smallest absolute Gasteiger partial charge is 0.408 e. The number of alkyl carbamates (subject to hydrolysis) is 1. The number of amides is 3. The van der Waals surface area contributed by atoms with E-state index in [0.29, 0.717) is 42.0 Å². The Morgan fingerprint density at radius 1 is 1.15 bits per heavy atom. The van der Waals surface area contributed by atoms with E-state index in [0.717, 1.165) is 25.7 Å². The van der Waals surface area contributed by atoms with Crippen molar-refractivity contribution in [3.8, 4) is 17.1 Å². The highest BCUT2D eigenvalue weighted by atomic mass is 35.5. The molecule has 1 saturated carbocycles. The summed E-state index contributed by atoms with van der Waals surface area (Å²) in [6.07, 6.45) is 4.90. The third-order valence-electron chi connectivity index (χ3n) is 9.03. The molecule has 2 aromatic rings. The number of nitrogens with one attached hydrogen (secondary N) is 2. The Bertz CT molecular complexity index is 1510. The second kappa shape index (κ2) is 14.6. The minimum absolute atomic E-state index is 0.0252. The van der Waals surface area contributed by atoms with Crippen molar-refractivity contribution in [3.63, 3.8) is 0 Å². The number of nitrogens with zero attached hydrogens (tertiary/aromatic N) is 5. The van der Waals surface area contributed by atoms with Crippen LogP contribution >= 0.6 is 11.6 Å². The molecule has 1 aromatic carbocycles. The van der Waals surface area contributed by atoms with Crippen molar-refractivity contribution in [1.82, 2.24) is 35.7 Å². The van der Waals surface area contributed by atoms with Gasteiger partial charge in [-0.15, -0.1) is 10.2 Å². The lowest BCUT2D eigenvalue weighted by Crippen LogP contribution is -2.56. The largest absolute Gasteiger partial charge is 0.490 e. The number of carboxylic acids is 1. The molecule has 3 fully saturated rings. The van der Waals surface area contributed by atoms with Gasteiger partial charge in [-0.3, -0.25) is 9.59 Å². The summed E-state index contributed by atoms with van der Waals surface area (Å²) < 4.78 is 10.9. The lowest BCUT2D eigenvalue weighted by atomic mass is 10.0. The number of aliphatic hydroxyl groups excluding tert-OH is 1. The zero-order valence-corrected chi connectivity index (χ0v) is 28.2. The topological polar surface area (TPSA) is 198 Å². The second-order valence-corrected chi connectivity index (χ2v) is 14.2. The number of aliphatic carboxylic acids is 1. The molecule has 1 aliphatic carbocycles. The number of fused-ring (bicyclic) bond motifs is 2. The van der Waals surface area contributed by atoms with E-state index in [1.807, 2.05) is 0 Å². The van der Waals surface area contributed by atoms with Gasteiger partial charge in [0.05, 0.1) is 17.7 Å². The van der Waals surface area contributed by atoms with Crippen LogP contribution in [0.25, 0.3) is 11.4 Å². The van der Waals surface area contributed by atoms with Gasteiger partial charge in [0.1, 0.15) is 35.6 Å². The first-order valence-electron chi connectivity index (χ1n) is 16.5. The Morgan fingerprint density at radius 3 is 2.56 bits per heavy atom. The summed E-state index contributed by atoms with van der Waals surface area (Å²) in [6, 6.07) is 2.35. The molecule has 0 spiro atoms. The van der Waals surface area contributed by atoms with Crippen LogP contribution in [0, 0.1) is 5.92 Å². The number of halogens is 1. The van der Waals surface area contributed by atoms with E-state index in [1.54, 1.807) is 39.0 Å². The van der Waals surface area contributed by atoms with Crippen molar-refractivity contribution in [2.45, 2.75) is 108 Å². The molecule has 5 rings (SSSR count). The summed E-state index contributed by atoms with van der Waals surface area (Å²) in [4.78, 5) is 56.1. The number of hydrogen-bond acceptors (Lipinski definition) is 10. The Kier molecular flexibility index (Phi) is 10.8. The van der Waals surface area contributed by atoms with Gasteiger partial charge in [-0.2, -0.15) is 4.80 Å². The number of carboxylic acid groups (broad SMARTS) is 1. The third-order valence-corrected chi connectivity index (χ3v) is 9.32. The molecule has 5 atom stereocenters. The highest BCUT2D eigenvalue weighted by molar-refractivity contribution is 6.32. The average Bonchev–Trinajstić information content (AvgIpc) is 3.32. The highest BCUT2D eigenvalue weighted by Gasteiger charge is 2.62. The van der Waals surface area contributed by atoms with Crippen molar-refractivity contribution in [1.29, 1.82) is 0 Å². The van der Waals surface area contributed by atoms with Gasteiger partial charge in [-0.05, 0) is 69.4 Å². The number of tetrazole rings is 1. The fourth-order valence-electron chi connectivity index (χ4n) is 6.51. The van der Waals surface area contributed by atoms with Crippen molar-refractivity contribution in [3.05, 3.63) is 23.2 Å². The monoisotopic (exact) mass is 689 g/mol. The minimum atomic E-state index is -1.37. The van der Waals surface area contributed by atoms with Gasteiger partial charge in [0.2, 0.25) is 17.6 Å². The standard InChI is InChI=1S/C32H44ClN7O8/c1-31(2,3)48-30(46)34-23-10-8-6-4-5-7-9-20-17-32(20,29(44)45)35-27(42)24-16-21(18-39(24)28(23)43)40-37-26(36-38-40)19-11-12-25(22(33)15-19)47-14-13-41/h11-12,15,20-21,23-24,41H,4-10,13-14,16-18H2,1-3H3,(H,34,46)(H,35,42)(H,44,45)/t20-,21+,23+,24+,32+/m1/s1. The molecule has 0 bridgehead atoms. The number of carbonyl (C=O) groups excluding carboxylic acids is 3. The third kappa shape index (κ3) is 8.17. The maximum Gasteiger partial charge on any atom is 0.408 e. The SMILES string of the molecule is CC(C)(C)OC(=O)N[C@H]1CCCCCCC[C@@H]2C[C@]2(C(=O)O)NC(=O)[C@@H]2C[C@H](n3nnc(-c4ccc(OCCO)c(Cl)c4)n3)CN2C1=O. The van der Waals surface area contributed by atoms with E-state index in [1.165, 1.54) is 9.70 Å². The zero-order valence-electron chi connectivity index (χ0n) is 27.5. The average molecular weight is 690 g/mol. The Hall–Kier alpha value is -3.98. The van der Waals surface area contributed by atoms with Gasteiger partial charge in [0.25, 0.3) is 0 Å². The molecule has 0 radical (unpaired) electrons. The van der Waals surface area contributed by atoms with Crippen molar-refractivity contribution in [2.75, 3.05) is 19.8 Å². The first-order chi connectivity index (χ1) is 22.8. The quantitative estimate of drug-likeness (QED) is 0.333. The van der Waals surface area contributed by atoms with Gasteiger partial charge in [0.15, 0.2) is 0 Å². The molecule has 2 aliphatic heterocycles. The van der Waals surface area contributed by atoms with Crippen LogP contribution < -0.4 is 15.4 Å². The number of benzene rings is 1. The molecular weight excluding hydrogens is 646 g/mol. The van der Waals surface area contributed by atoms with Crippen LogP contribution in [0.15, 0.2) is 18.2 Å². The molecule has 15 nitrogen and oxygen atoms in total. The first kappa shape index (κ1) is 35.3. The van der Waals surface area contributed by atoms with E-state index < -0.39 is 53.1 Å². The Labute approximate surface area is 283 Å². The van der Waals surface area contributed by atoms with Crippen LogP contribution in [0.1, 0.15) is 84.6 Å². The molecule has 3 heterocycles. The van der Waals surface area contributed by atoms with Crippen LogP contribution in [0.2, 0.25) is 5.02 Å². The van der Waals surface area contributed by atoms with Crippen LogP contribution in [0.3, 0.4) is 0 Å². The highest BCUT2D eigenvalue weighted by Crippen LogP contribution is 2.47. The lowest BCUT2D eigenvalue weighted by Gasteiger charge is -2.30. The first-order valence-corrected chi connectivity index (χ1v) is 16.9. The Balaban J connectivity index is 1.42. The van der Waals surface area contributed by atoms with Crippen molar-refractivity contribution < 1.29 is 38.9 Å². The van der Waals surface area contributed by atoms with Crippen LogP contribution in [-0.4, -0.2) is 102 Å². The van der Waals surface area contributed by atoms with E-state index in [-0.39, 0.29) is 37.9 Å². The molecule has 16 heteroatoms. The predicted octanol–water partition coefficient (Wildman–Crippen LogP) is 3.10. The van der Waals surface area contributed by atoms with Crippen molar-refractivity contribution in [2.24, 2.45) is 5.92 Å². The number of rotatable bonds is 7. The molecule has 3 aliphatic rings. The molecular formula is C32H44ClN7O8. The number of carbonyl (C=O) groups is 4. The maximum atomic E-state index is 14.2. The van der Waals surface area contributed by atoms with Crippen LogP contribution in [0.4, 0.5) is 4.79 Å². The molecule has 48 heavy (non-hydrogen) atoms. The summed E-state index contributed by atoms with van der Waals surface area (Å²) in [6.45, 7) is 5.13. The summed E-state index contributed by atoms with van der Waals surface area (Å²) in [5.74, 6) is -1.68. The fourth-order valence-corrected chi connectivity index (χ4v) is 6.74. The van der Waals surface area contributed by atoms with E-state index in [4.69, 9.17) is 26.2 Å². The molecule has 0 unspecified atom stereocenters.